The molecule has 1 N–H and O–H groups in total. The summed E-state index contributed by atoms with van der Waals surface area (Å²) in [5.74, 6) is -0.0396. The van der Waals surface area contributed by atoms with Crippen LogP contribution in [0, 0.1) is 0 Å². The second-order valence-corrected chi connectivity index (χ2v) is 5.34. The summed E-state index contributed by atoms with van der Waals surface area (Å²) < 4.78 is 5.58. The van der Waals surface area contributed by atoms with Gasteiger partial charge in [-0.1, -0.05) is 12.1 Å². The number of nitrogens with zero attached hydrogens (tertiary/aromatic N) is 2. The number of fused-ring (bicyclic) bond motifs is 1. The van der Waals surface area contributed by atoms with Crippen LogP contribution in [-0.4, -0.2) is 52.8 Å². The maximum Gasteiger partial charge on any atom is 0.254 e. The van der Waals surface area contributed by atoms with Crippen LogP contribution in [0.1, 0.15) is 17.3 Å². The Kier molecular flexibility index (Phi) is 3.86. The number of hydrogen-bond donors (Lipinski definition) is 1. The van der Waals surface area contributed by atoms with Gasteiger partial charge < -0.3 is 14.7 Å². The molecule has 3 rings (SSSR count). The third-order valence-corrected chi connectivity index (χ3v) is 3.69. The van der Waals surface area contributed by atoms with E-state index in [2.05, 4.69) is 4.98 Å². The molecule has 0 saturated carbocycles. The molecule has 2 heterocycles. The monoisotopic (exact) mass is 286 g/mol. The van der Waals surface area contributed by atoms with Crippen molar-refractivity contribution in [1.82, 2.24) is 9.88 Å². The van der Waals surface area contributed by atoms with Gasteiger partial charge in [0.1, 0.15) is 0 Å². The van der Waals surface area contributed by atoms with Crippen molar-refractivity contribution in [3.63, 3.8) is 0 Å². The molecule has 1 aromatic heterocycles. The number of ether oxygens (including phenoxy) is 1. The number of aromatic nitrogens is 1. The molecule has 1 aromatic carbocycles. The molecule has 5 heteroatoms. The van der Waals surface area contributed by atoms with E-state index in [1.54, 1.807) is 11.1 Å². The van der Waals surface area contributed by atoms with E-state index in [1.165, 1.54) is 0 Å². The quantitative estimate of drug-likeness (QED) is 0.908. The highest BCUT2D eigenvalue weighted by Crippen LogP contribution is 2.20. The van der Waals surface area contributed by atoms with Gasteiger partial charge >= 0.3 is 0 Å². The lowest BCUT2D eigenvalue weighted by molar-refractivity contribution is -0.0858. The lowest BCUT2D eigenvalue weighted by atomic mass is 10.1. The predicted octanol–water partition coefficient (Wildman–Crippen LogP) is 1.46. The van der Waals surface area contributed by atoms with Crippen molar-refractivity contribution in [1.29, 1.82) is 0 Å². The summed E-state index contributed by atoms with van der Waals surface area (Å²) in [7, 11) is 0. The molecule has 1 amide bonds. The molecule has 0 radical (unpaired) electrons. The number of benzene rings is 1. The highest BCUT2D eigenvalue weighted by molar-refractivity contribution is 6.06. The van der Waals surface area contributed by atoms with Gasteiger partial charge in [0, 0.05) is 30.2 Å². The van der Waals surface area contributed by atoms with Crippen LogP contribution in [0.3, 0.4) is 0 Å². The largest absolute Gasteiger partial charge is 0.394 e. The van der Waals surface area contributed by atoms with Gasteiger partial charge in [0.2, 0.25) is 0 Å². The highest BCUT2D eigenvalue weighted by atomic mass is 16.5. The van der Waals surface area contributed by atoms with E-state index < -0.39 is 0 Å². The van der Waals surface area contributed by atoms with Crippen LogP contribution in [0.25, 0.3) is 10.9 Å². The first-order chi connectivity index (χ1) is 10.2. The van der Waals surface area contributed by atoms with Gasteiger partial charge in [-0.3, -0.25) is 9.78 Å². The number of aliphatic hydroxyl groups excluding tert-OH is 1. The Morgan fingerprint density at radius 1 is 1.38 bits per heavy atom. The fraction of sp³-hybridized carbons (Fsp3) is 0.375. The first kappa shape index (κ1) is 14.0. The molecule has 110 valence electrons. The van der Waals surface area contributed by atoms with Crippen LogP contribution in [0.2, 0.25) is 0 Å². The first-order valence-corrected chi connectivity index (χ1v) is 7.08. The van der Waals surface area contributed by atoms with E-state index in [0.717, 1.165) is 10.9 Å². The zero-order valence-corrected chi connectivity index (χ0v) is 11.9. The van der Waals surface area contributed by atoms with Crippen LogP contribution in [0.5, 0.6) is 0 Å². The fourth-order valence-corrected chi connectivity index (χ4v) is 2.77. The standard InChI is InChI=1S/C16H18N2O3/c1-11-8-18(9-12(10-19)21-11)16(20)14-4-2-6-15-13(14)5-3-7-17-15/h2-7,11-12,19H,8-10H2,1H3. The predicted molar refractivity (Wildman–Crippen MR) is 79.1 cm³/mol. The molecule has 1 saturated heterocycles. The zero-order valence-electron chi connectivity index (χ0n) is 11.9. The average molecular weight is 286 g/mol. The SMILES string of the molecule is CC1CN(C(=O)c2cccc3ncccc23)CC(CO)O1. The van der Waals surface area contributed by atoms with Crippen LogP contribution in [-0.2, 0) is 4.74 Å². The molecule has 2 atom stereocenters. The Balaban J connectivity index is 1.93. The number of hydrogen-bond acceptors (Lipinski definition) is 4. The summed E-state index contributed by atoms with van der Waals surface area (Å²) in [6.45, 7) is 2.78. The van der Waals surface area contributed by atoms with Crippen LogP contribution >= 0.6 is 0 Å². The minimum atomic E-state index is -0.314. The van der Waals surface area contributed by atoms with Crippen molar-refractivity contribution >= 4 is 16.8 Å². The maximum atomic E-state index is 12.8. The topological polar surface area (TPSA) is 62.7 Å². The summed E-state index contributed by atoms with van der Waals surface area (Å²) in [6.07, 6.45) is 1.33. The number of amides is 1. The maximum absolute atomic E-state index is 12.8. The Morgan fingerprint density at radius 2 is 2.24 bits per heavy atom. The van der Waals surface area contributed by atoms with Crippen molar-refractivity contribution in [3.05, 3.63) is 42.1 Å². The molecule has 0 aliphatic carbocycles. The van der Waals surface area contributed by atoms with Crippen molar-refractivity contribution in [2.45, 2.75) is 19.1 Å². The molecular formula is C16H18N2O3. The molecule has 2 unspecified atom stereocenters. The second kappa shape index (κ2) is 5.79. The average Bonchev–Trinajstić information content (AvgIpc) is 2.53. The lowest BCUT2D eigenvalue weighted by Gasteiger charge is -2.36. The molecule has 21 heavy (non-hydrogen) atoms. The minimum Gasteiger partial charge on any atom is -0.394 e. The summed E-state index contributed by atoms with van der Waals surface area (Å²) in [6, 6.07) is 9.29. The van der Waals surface area contributed by atoms with Gasteiger partial charge in [-0.05, 0) is 25.1 Å². The second-order valence-electron chi connectivity index (χ2n) is 5.34. The summed E-state index contributed by atoms with van der Waals surface area (Å²) in [5, 5.41) is 10.1. The molecule has 1 fully saturated rings. The summed E-state index contributed by atoms with van der Waals surface area (Å²) in [5.41, 5.74) is 1.45. The van der Waals surface area contributed by atoms with Gasteiger partial charge in [0.15, 0.2) is 0 Å². The first-order valence-electron chi connectivity index (χ1n) is 7.08. The molecule has 0 spiro atoms. The molecule has 1 aliphatic heterocycles. The van der Waals surface area contributed by atoms with E-state index in [0.29, 0.717) is 18.7 Å². The number of morpholine rings is 1. The molecular weight excluding hydrogens is 268 g/mol. The number of carbonyl (C=O) groups excluding carboxylic acids is 1. The van der Waals surface area contributed by atoms with Gasteiger partial charge in [-0.2, -0.15) is 0 Å². The smallest absolute Gasteiger partial charge is 0.254 e. The van der Waals surface area contributed by atoms with E-state index >= 15 is 0 Å². The Bertz CT molecular complexity index is 654. The molecule has 0 bridgehead atoms. The van der Waals surface area contributed by atoms with Gasteiger partial charge in [-0.25, -0.2) is 0 Å². The minimum absolute atomic E-state index is 0.0396. The highest BCUT2D eigenvalue weighted by Gasteiger charge is 2.29. The van der Waals surface area contributed by atoms with E-state index in [1.807, 2.05) is 37.3 Å². The van der Waals surface area contributed by atoms with Gasteiger partial charge in [0.05, 0.1) is 24.3 Å². The van der Waals surface area contributed by atoms with E-state index in [4.69, 9.17) is 4.74 Å². The Morgan fingerprint density at radius 3 is 3.05 bits per heavy atom. The van der Waals surface area contributed by atoms with Crippen LogP contribution in [0.15, 0.2) is 36.5 Å². The van der Waals surface area contributed by atoms with Crippen LogP contribution in [0.4, 0.5) is 0 Å². The Hall–Kier alpha value is -1.98. The molecule has 1 aliphatic rings. The van der Waals surface area contributed by atoms with Crippen LogP contribution < -0.4 is 0 Å². The van der Waals surface area contributed by atoms with E-state index in [-0.39, 0.29) is 24.7 Å². The van der Waals surface area contributed by atoms with Gasteiger partial charge in [-0.15, -0.1) is 0 Å². The van der Waals surface area contributed by atoms with Crippen molar-refractivity contribution in [2.24, 2.45) is 0 Å². The number of rotatable bonds is 2. The number of pyridine rings is 1. The van der Waals surface area contributed by atoms with Gasteiger partial charge in [0.25, 0.3) is 5.91 Å². The normalized spacial score (nSPS) is 22.5. The van der Waals surface area contributed by atoms with E-state index in [9.17, 15) is 9.90 Å². The number of aliphatic hydroxyl groups is 1. The van der Waals surface area contributed by atoms with Crippen molar-refractivity contribution in [3.8, 4) is 0 Å². The lowest BCUT2D eigenvalue weighted by Crippen LogP contribution is -2.50. The summed E-state index contributed by atoms with van der Waals surface area (Å²) in [4.78, 5) is 18.8. The number of carbonyl (C=O) groups is 1. The third-order valence-electron chi connectivity index (χ3n) is 3.69. The molecule has 5 nitrogen and oxygen atoms in total. The van der Waals surface area contributed by atoms with Crippen molar-refractivity contribution < 1.29 is 14.6 Å². The third kappa shape index (κ3) is 2.75. The van der Waals surface area contributed by atoms with Crippen molar-refractivity contribution in [2.75, 3.05) is 19.7 Å². The zero-order chi connectivity index (χ0) is 14.8. The fourth-order valence-electron chi connectivity index (χ4n) is 2.77. The Labute approximate surface area is 123 Å². The summed E-state index contributed by atoms with van der Waals surface area (Å²) >= 11 is 0. The molecule has 2 aromatic rings.